The lowest BCUT2D eigenvalue weighted by molar-refractivity contribution is 0.0862. The van der Waals surface area contributed by atoms with E-state index in [1.54, 1.807) is 0 Å². The fourth-order valence-electron chi connectivity index (χ4n) is 0.793. The molecule has 1 rings (SSSR count). The fraction of sp³-hybridized carbons (Fsp3) is 1.00. The smallest absolute Gasteiger partial charge is 0.251 e. The minimum atomic E-state index is -2.66. The number of hydrogen-bond donors (Lipinski definition) is 0. The van der Waals surface area contributed by atoms with Crippen molar-refractivity contribution in [2.24, 2.45) is 5.92 Å². The Labute approximate surface area is 55.8 Å². The van der Waals surface area contributed by atoms with Gasteiger partial charge in [0.25, 0.3) is 5.25 Å². The molecule has 0 spiro atoms. The Morgan fingerprint density at radius 2 is 2.22 bits per heavy atom. The normalized spacial score (nSPS) is 33.0. The summed E-state index contributed by atoms with van der Waals surface area (Å²) in [5.74, 6) is -0.145. The highest BCUT2D eigenvalue weighted by Gasteiger charge is 2.40. The van der Waals surface area contributed by atoms with E-state index in [4.69, 9.17) is 0 Å². The molecule has 1 unspecified atom stereocenters. The van der Waals surface area contributed by atoms with E-state index in [0.717, 1.165) is 0 Å². The van der Waals surface area contributed by atoms with E-state index in [9.17, 15) is 13.2 Å². The van der Waals surface area contributed by atoms with Gasteiger partial charge in [0.1, 0.15) is 0 Å². The van der Waals surface area contributed by atoms with Crippen LogP contribution in [0.3, 0.4) is 0 Å². The van der Waals surface area contributed by atoms with Crippen LogP contribution in [-0.4, -0.2) is 17.7 Å². The molecule has 54 valence electrons. The van der Waals surface area contributed by atoms with E-state index in [1.807, 2.05) is 0 Å². The molecule has 0 bridgehead atoms. The van der Waals surface area contributed by atoms with Gasteiger partial charge in [-0.25, -0.2) is 0 Å². The summed E-state index contributed by atoms with van der Waals surface area (Å²) in [6.45, 7) is -0.609. The Hall–Kier alpha value is 0.140. The van der Waals surface area contributed by atoms with Crippen LogP contribution < -0.4 is 0 Å². The van der Waals surface area contributed by atoms with E-state index in [-0.39, 0.29) is 12.2 Å². The minimum Gasteiger partial charge on any atom is -0.251 e. The Balaban J connectivity index is 2.38. The third-order valence-electron chi connectivity index (χ3n) is 1.27. The van der Waals surface area contributed by atoms with Crippen LogP contribution in [0.4, 0.5) is 13.2 Å². The van der Waals surface area contributed by atoms with E-state index in [2.05, 4.69) is 0 Å². The predicted octanol–water partition coefficient (Wildman–Crippen LogP) is 2.30. The second-order valence-corrected chi connectivity index (χ2v) is 3.39. The third kappa shape index (κ3) is 1.78. The Morgan fingerprint density at radius 1 is 1.56 bits per heavy atom. The number of hydrogen-bond acceptors (Lipinski definition) is 1. The second-order valence-electron chi connectivity index (χ2n) is 2.17. The molecule has 0 nitrogen and oxygen atoms in total. The van der Waals surface area contributed by atoms with Gasteiger partial charge in [-0.2, -0.15) is 8.78 Å². The molecule has 1 saturated heterocycles. The molecule has 4 heteroatoms. The molecule has 0 aromatic rings. The number of alkyl halides is 3. The summed E-state index contributed by atoms with van der Waals surface area (Å²) in [6.07, 6.45) is -0.284. The molecule has 0 saturated carbocycles. The quantitative estimate of drug-likeness (QED) is 0.561. The van der Waals surface area contributed by atoms with Crippen LogP contribution in [-0.2, 0) is 0 Å². The molecular formula is C5H7F3S. The maximum Gasteiger partial charge on any atom is 0.294 e. The van der Waals surface area contributed by atoms with Crippen molar-refractivity contribution in [3.8, 4) is 0 Å². The molecular weight excluding hydrogens is 149 g/mol. The van der Waals surface area contributed by atoms with Crippen LogP contribution in [0.1, 0.15) is 6.42 Å². The van der Waals surface area contributed by atoms with Crippen molar-refractivity contribution >= 4 is 11.8 Å². The largest absolute Gasteiger partial charge is 0.294 e. The van der Waals surface area contributed by atoms with Gasteiger partial charge in [0, 0.05) is 18.1 Å². The number of halogens is 3. The number of rotatable bonds is 1. The first-order valence-corrected chi connectivity index (χ1v) is 3.70. The molecule has 1 heterocycles. The zero-order valence-electron chi connectivity index (χ0n) is 4.74. The van der Waals surface area contributed by atoms with Crippen molar-refractivity contribution < 1.29 is 13.2 Å². The summed E-state index contributed by atoms with van der Waals surface area (Å²) in [5.41, 5.74) is 0. The van der Waals surface area contributed by atoms with Crippen LogP contribution in [0.5, 0.6) is 0 Å². The van der Waals surface area contributed by atoms with Crippen molar-refractivity contribution in [3.63, 3.8) is 0 Å². The second kappa shape index (κ2) is 2.40. The molecule has 0 aliphatic carbocycles. The topological polar surface area (TPSA) is 0 Å². The highest BCUT2D eigenvalue weighted by Crippen LogP contribution is 2.43. The summed E-state index contributed by atoms with van der Waals surface area (Å²) < 4.78 is 36.1. The highest BCUT2D eigenvalue weighted by molar-refractivity contribution is 8.00. The first kappa shape index (κ1) is 7.25. The van der Waals surface area contributed by atoms with Crippen molar-refractivity contribution in [3.05, 3.63) is 0 Å². The molecule has 1 atom stereocenters. The van der Waals surface area contributed by atoms with Crippen molar-refractivity contribution in [2.45, 2.75) is 11.7 Å². The third-order valence-corrected chi connectivity index (χ3v) is 2.50. The summed E-state index contributed by atoms with van der Waals surface area (Å²) in [7, 11) is 0. The molecule has 0 N–H and O–H groups in total. The van der Waals surface area contributed by atoms with Crippen LogP contribution in [0, 0.1) is 5.92 Å². The van der Waals surface area contributed by atoms with Gasteiger partial charge in [0.05, 0.1) is 6.67 Å². The summed E-state index contributed by atoms with van der Waals surface area (Å²) in [5, 5.41) is -2.66. The zero-order chi connectivity index (χ0) is 6.91. The van der Waals surface area contributed by atoms with Gasteiger partial charge in [0.2, 0.25) is 0 Å². The summed E-state index contributed by atoms with van der Waals surface area (Å²) >= 11 is 0.559. The fourth-order valence-corrected chi connectivity index (χ4v) is 1.83. The molecule has 1 aliphatic heterocycles. The SMILES string of the molecule is FCC1CSC(F)(F)C1. The monoisotopic (exact) mass is 156 g/mol. The lowest BCUT2D eigenvalue weighted by Gasteiger charge is -2.04. The zero-order valence-corrected chi connectivity index (χ0v) is 5.56. The first-order valence-electron chi connectivity index (χ1n) is 2.72. The van der Waals surface area contributed by atoms with Gasteiger partial charge in [-0.1, -0.05) is 11.8 Å². The lowest BCUT2D eigenvalue weighted by Crippen LogP contribution is -2.07. The average Bonchev–Trinajstić information content (AvgIpc) is 2.10. The highest BCUT2D eigenvalue weighted by atomic mass is 32.2. The maximum atomic E-state index is 12.2. The molecule has 0 amide bonds. The van der Waals surface area contributed by atoms with Gasteiger partial charge >= 0.3 is 0 Å². The van der Waals surface area contributed by atoms with Crippen LogP contribution in [0.25, 0.3) is 0 Å². The van der Waals surface area contributed by atoms with E-state index in [1.165, 1.54) is 0 Å². The average molecular weight is 156 g/mol. The first-order chi connectivity index (χ1) is 4.14. The van der Waals surface area contributed by atoms with E-state index >= 15 is 0 Å². The van der Waals surface area contributed by atoms with Crippen molar-refractivity contribution in [2.75, 3.05) is 12.4 Å². The van der Waals surface area contributed by atoms with Gasteiger partial charge < -0.3 is 0 Å². The maximum absolute atomic E-state index is 12.2. The molecule has 0 aromatic heterocycles. The van der Waals surface area contributed by atoms with E-state index < -0.39 is 17.8 Å². The Kier molecular flexibility index (Phi) is 1.94. The minimum absolute atomic E-state index is 0.267. The molecule has 1 fully saturated rings. The van der Waals surface area contributed by atoms with Gasteiger partial charge in [0.15, 0.2) is 0 Å². The molecule has 0 aromatic carbocycles. The van der Waals surface area contributed by atoms with Crippen molar-refractivity contribution in [1.82, 2.24) is 0 Å². The molecule has 9 heavy (non-hydrogen) atoms. The van der Waals surface area contributed by atoms with Crippen LogP contribution >= 0.6 is 11.8 Å². The summed E-state index contributed by atoms with van der Waals surface area (Å²) in [4.78, 5) is 0. The lowest BCUT2D eigenvalue weighted by atomic mass is 10.1. The Morgan fingerprint density at radius 3 is 2.44 bits per heavy atom. The number of thioether (sulfide) groups is 1. The predicted molar refractivity (Wildman–Crippen MR) is 31.5 cm³/mol. The van der Waals surface area contributed by atoms with Crippen LogP contribution in [0.2, 0.25) is 0 Å². The standard InChI is InChI=1S/C5H7F3S/c6-2-4-1-5(7,8)9-3-4/h4H,1-3H2. The Bertz CT molecular complexity index is 104. The van der Waals surface area contributed by atoms with Crippen LogP contribution in [0.15, 0.2) is 0 Å². The summed E-state index contributed by atoms with van der Waals surface area (Å²) in [6, 6.07) is 0. The van der Waals surface area contributed by atoms with Gasteiger partial charge in [-0.05, 0) is 0 Å². The van der Waals surface area contributed by atoms with Gasteiger partial charge in [-0.3, -0.25) is 4.39 Å². The van der Waals surface area contributed by atoms with Crippen molar-refractivity contribution in [1.29, 1.82) is 0 Å². The van der Waals surface area contributed by atoms with E-state index in [0.29, 0.717) is 11.8 Å². The van der Waals surface area contributed by atoms with Gasteiger partial charge in [-0.15, -0.1) is 0 Å². The molecule has 1 aliphatic rings. The molecule has 0 radical (unpaired) electrons.